The summed E-state index contributed by atoms with van der Waals surface area (Å²) in [5.74, 6) is -0.744. The highest BCUT2D eigenvalue weighted by Gasteiger charge is 2.41. The Labute approximate surface area is 170 Å². The van der Waals surface area contributed by atoms with Gasteiger partial charge in [-0.2, -0.15) is 0 Å². The first-order valence-electron chi connectivity index (χ1n) is 10.1. The van der Waals surface area contributed by atoms with Crippen LogP contribution in [-0.4, -0.2) is 41.2 Å². The zero-order chi connectivity index (χ0) is 20.5. The predicted octanol–water partition coefficient (Wildman–Crippen LogP) is 3.86. The Bertz CT molecular complexity index is 988. The van der Waals surface area contributed by atoms with Crippen LogP contribution in [0.5, 0.6) is 0 Å². The number of likely N-dealkylation sites (tertiary alicyclic amines) is 1. The summed E-state index contributed by atoms with van der Waals surface area (Å²) in [6, 6.07) is 12.1. The number of carbonyl (C=O) groups excluding carboxylic acids is 2. The minimum absolute atomic E-state index is 0.216. The molecule has 2 aliphatic rings. The maximum absolute atomic E-state index is 13.3. The molecule has 5 heteroatoms. The number of carbonyl (C=O) groups is 2. The van der Waals surface area contributed by atoms with Crippen molar-refractivity contribution in [2.24, 2.45) is 0 Å². The van der Waals surface area contributed by atoms with Crippen molar-refractivity contribution in [2.75, 3.05) is 19.6 Å². The molecule has 1 saturated heterocycles. The van der Waals surface area contributed by atoms with Gasteiger partial charge < -0.3 is 4.90 Å². The zero-order valence-electron chi connectivity index (χ0n) is 16.9. The van der Waals surface area contributed by atoms with Crippen LogP contribution in [0.4, 0.5) is 4.39 Å². The molecule has 0 N–H and O–H groups in total. The summed E-state index contributed by atoms with van der Waals surface area (Å²) in [7, 11) is 0. The van der Waals surface area contributed by atoms with E-state index in [1.54, 1.807) is 12.1 Å². The van der Waals surface area contributed by atoms with E-state index in [1.807, 2.05) is 32.0 Å². The normalized spacial score (nSPS) is 17.1. The average molecular weight is 392 g/mol. The number of benzene rings is 2. The Morgan fingerprint density at radius 1 is 0.897 bits per heavy atom. The van der Waals surface area contributed by atoms with Crippen LogP contribution in [0, 0.1) is 19.7 Å². The van der Waals surface area contributed by atoms with Gasteiger partial charge in [0.05, 0.1) is 5.57 Å². The average Bonchev–Trinajstić information content (AvgIpc) is 3.31. The van der Waals surface area contributed by atoms with E-state index in [-0.39, 0.29) is 24.2 Å². The van der Waals surface area contributed by atoms with Crippen LogP contribution in [0.1, 0.15) is 35.1 Å². The monoisotopic (exact) mass is 392 g/mol. The Kier molecular flexibility index (Phi) is 5.22. The molecule has 2 aliphatic heterocycles. The molecule has 2 aromatic rings. The predicted molar refractivity (Wildman–Crippen MR) is 110 cm³/mol. The molecule has 0 aromatic heterocycles. The molecule has 29 heavy (non-hydrogen) atoms. The Hall–Kier alpha value is -2.95. The summed E-state index contributed by atoms with van der Waals surface area (Å²) < 4.78 is 13.1. The molecule has 0 radical (unpaired) electrons. The fraction of sp³-hybridized carbons (Fsp3) is 0.333. The number of halogens is 1. The summed E-state index contributed by atoms with van der Waals surface area (Å²) in [4.78, 5) is 30.0. The van der Waals surface area contributed by atoms with Gasteiger partial charge in [-0.05, 0) is 67.5 Å². The lowest BCUT2D eigenvalue weighted by molar-refractivity contribution is -0.137. The van der Waals surface area contributed by atoms with Crippen LogP contribution in [0.2, 0.25) is 0 Å². The number of nitrogens with zero attached hydrogens (tertiary/aromatic N) is 2. The van der Waals surface area contributed by atoms with Gasteiger partial charge >= 0.3 is 0 Å². The second-order valence-corrected chi connectivity index (χ2v) is 7.86. The summed E-state index contributed by atoms with van der Waals surface area (Å²) in [6.45, 7) is 5.94. The molecule has 0 spiro atoms. The van der Waals surface area contributed by atoms with E-state index in [0.717, 1.165) is 48.2 Å². The van der Waals surface area contributed by atoms with Gasteiger partial charge in [0.1, 0.15) is 11.5 Å². The molecule has 2 aromatic carbocycles. The van der Waals surface area contributed by atoms with Gasteiger partial charge in [-0.15, -0.1) is 0 Å². The third-order valence-electron chi connectivity index (χ3n) is 5.90. The fourth-order valence-electron chi connectivity index (χ4n) is 4.05. The van der Waals surface area contributed by atoms with Crippen molar-refractivity contribution in [3.8, 4) is 0 Å². The largest absolute Gasteiger partial charge is 0.366 e. The second kappa shape index (κ2) is 7.82. The molecule has 0 bridgehead atoms. The van der Waals surface area contributed by atoms with Crippen molar-refractivity contribution in [3.05, 3.63) is 76.2 Å². The van der Waals surface area contributed by atoms with E-state index in [0.29, 0.717) is 17.7 Å². The third-order valence-corrected chi connectivity index (χ3v) is 5.90. The van der Waals surface area contributed by atoms with Gasteiger partial charge in [-0.25, -0.2) is 4.39 Å². The Morgan fingerprint density at radius 2 is 1.59 bits per heavy atom. The van der Waals surface area contributed by atoms with Crippen molar-refractivity contribution in [1.29, 1.82) is 0 Å². The number of aryl methyl sites for hydroxylation is 2. The quantitative estimate of drug-likeness (QED) is 0.726. The maximum atomic E-state index is 13.3. The summed E-state index contributed by atoms with van der Waals surface area (Å²) in [5, 5.41) is 0. The molecule has 1 fully saturated rings. The van der Waals surface area contributed by atoms with Crippen LogP contribution in [-0.2, 0) is 16.0 Å². The standard InChI is InChI=1S/C24H25FN2O2/c1-16-5-8-19(15-17(16)2)21-22(26-12-3-4-13-26)24(29)27(23(21)28)14-11-18-6-9-20(25)10-7-18/h5-10,15H,3-4,11-14H2,1-2H3. The first-order chi connectivity index (χ1) is 14.0. The van der Waals surface area contributed by atoms with Gasteiger partial charge in [0.15, 0.2) is 0 Å². The molecule has 150 valence electrons. The second-order valence-electron chi connectivity index (χ2n) is 7.86. The van der Waals surface area contributed by atoms with Crippen LogP contribution in [0.25, 0.3) is 5.57 Å². The lowest BCUT2D eigenvalue weighted by atomic mass is 9.99. The number of amides is 2. The Balaban J connectivity index is 1.65. The van der Waals surface area contributed by atoms with Gasteiger partial charge in [0.2, 0.25) is 0 Å². The van der Waals surface area contributed by atoms with Crippen LogP contribution < -0.4 is 0 Å². The lowest BCUT2D eigenvalue weighted by Crippen LogP contribution is -2.36. The fourth-order valence-corrected chi connectivity index (χ4v) is 4.05. The molecule has 0 aliphatic carbocycles. The van der Waals surface area contributed by atoms with Crippen LogP contribution in [0.3, 0.4) is 0 Å². The van der Waals surface area contributed by atoms with E-state index < -0.39 is 0 Å². The molecule has 2 heterocycles. The molecule has 4 rings (SSSR count). The Morgan fingerprint density at radius 3 is 2.24 bits per heavy atom. The molecule has 0 unspecified atom stereocenters. The molecule has 4 nitrogen and oxygen atoms in total. The van der Waals surface area contributed by atoms with Crippen molar-refractivity contribution < 1.29 is 14.0 Å². The van der Waals surface area contributed by atoms with Gasteiger partial charge in [-0.3, -0.25) is 14.5 Å². The van der Waals surface area contributed by atoms with E-state index in [9.17, 15) is 14.0 Å². The van der Waals surface area contributed by atoms with Crippen molar-refractivity contribution in [2.45, 2.75) is 33.1 Å². The highest BCUT2D eigenvalue weighted by Crippen LogP contribution is 2.34. The molecule has 0 atom stereocenters. The van der Waals surface area contributed by atoms with Crippen molar-refractivity contribution in [3.63, 3.8) is 0 Å². The smallest absolute Gasteiger partial charge is 0.277 e. The molecular formula is C24H25FN2O2. The maximum Gasteiger partial charge on any atom is 0.277 e. The zero-order valence-corrected chi connectivity index (χ0v) is 16.9. The molecular weight excluding hydrogens is 367 g/mol. The van der Waals surface area contributed by atoms with Crippen LogP contribution in [0.15, 0.2) is 48.2 Å². The van der Waals surface area contributed by atoms with Crippen molar-refractivity contribution >= 4 is 17.4 Å². The lowest BCUT2D eigenvalue weighted by Gasteiger charge is -2.20. The van der Waals surface area contributed by atoms with E-state index >= 15 is 0 Å². The summed E-state index contributed by atoms with van der Waals surface area (Å²) >= 11 is 0. The van der Waals surface area contributed by atoms with Gasteiger partial charge in [0.25, 0.3) is 11.8 Å². The van der Waals surface area contributed by atoms with Gasteiger partial charge in [0, 0.05) is 19.6 Å². The van der Waals surface area contributed by atoms with E-state index in [4.69, 9.17) is 0 Å². The number of hydrogen-bond donors (Lipinski definition) is 0. The number of rotatable bonds is 5. The van der Waals surface area contributed by atoms with E-state index in [1.165, 1.54) is 17.0 Å². The minimum atomic E-state index is -0.294. The highest BCUT2D eigenvalue weighted by atomic mass is 19.1. The van der Waals surface area contributed by atoms with Crippen LogP contribution >= 0.6 is 0 Å². The molecule has 0 saturated carbocycles. The first-order valence-corrected chi connectivity index (χ1v) is 10.1. The highest BCUT2D eigenvalue weighted by molar-refractivity contribution is 6.35. The van der Waals surface area contributed by atoms with E-state index in [2.05, 4.69) is 4.90 Å². The summed E-state index contributed by atoms with van der Waals surface area (Å²) in [6.07, 6.45) is 2.56. The number of imide groups is 1. The summed E-state index contributed by atoms with van der Waals surface area (Å²) in [5.41, 5.74) is 5.00. The van der Waals surface area contributed by atoms with Crippen molar-refractivity contribution in [1.82, 2.24) is 9.80 Å². The number of hydrogen-bond acceptors (Lipinski definition) is 3. The molecule has 2 amide bonds. The first kappa shape index (κ1) is 19.4. The SMILES string of the molecule is Cc1ccc(C2=C(N3CCCC3)C(=O)N(CCc3ccc(F)cc3)C2=O)cc1C. The van der Waals surface area contributed by atoms with Gasteiger partial charge in [-0.1, -0.05) is 30.3 Å². The topological polar surface area (TPSA) is 40.6 Å². The minimum Gasteiger partial charge on any atom is -0.366 e. The third kappa shape index (κ3) is 3.69.